The molecule has 1 rings (SSSR count). The van der Waals surface area contributed by atoms with Crippen molar-refractivity contribution in [3.8, 4) is 0 Å². The predicted octanol–water partition coefficient (Wildman–Crippen LogP) is 2.22. The van der Waals surface area contributed by atoms with E-state index < -0.39 is 19.3 Å². The Morgan fingerprint density at radius 2 is 2.13 bits per heavy atom. The van der Waals surface area contributed by atoms with Crippen molar-refractivity contribution in [1.82, 2.24) is 0 Å². The third-order valence-corrected chi connectivity index (χ3v) is 4.30. The molecule has 7 heteroatoms. The number of rotatable bonds is 3. The maximum atomic E-state index is 10.7. The molecule has 1 aromatic rings. The second-order valence-corrected chi connectivity index (χ2v) is 5.98. The zero-order chi connectivity index (χ0) is 11.6. The van der Waals surface area contributed by atoms with Crippen LogP contribution in [-0.4, -0.2) is 13.7 Å². The van der Waals surface area contributed by atoms with Crippen LogP contribution in [0.5, 0.6) is 0 Å². The van der Waals surface area contributed by atoms with Crippen LogP contribution in [0.2, 0.25) is 0 Å². The molecular weight excluding hydrogens is 333 g/mol. The van der Waals surface area contributed by atoms with Crippen LogP contribution in [0.25, 0.3) is 0 Å². The van der Waals surface area contributed by atoms with E-state index in [1.807, 2.05) is 0 Å². The Kier molecular flexibility index (Phi) is 4.17. The Hall–Kier alpha value is -0.540. The number of hydrogen-bond acceptors (Lipinski definition) is 4. The molecule has 0 saturated heterocycles. The number of halogens is 1. The Morgan fingerprint density at radius 3 is 2.60 bits per heavy atom. The summed E-state index contributed by atoms with van der Waals surface area (Å²) in [5.41, 5.74) is 0.781. The van der Waals surface area contributed by atoms with E-state index in [0.717, 1.165) is 5.56 Å². The lowest BCUT2D eigenvalue weighted by molar-refractivity contribution is -0.385. The van der Waals surface area contributed by atoms with Gasteiger partial charge >= 0.3 is 0 Å². The van der Waals surface area contributed by atoms with E-state index in [2.05, 4.69) is 0 Å². The van der Waals surface area contributed by atoms with Crippen LogP contribution in [0.3, 0.4) is 0 Å². The molecule has 2 unspecified atom stereocenters. The highest BCUT2D eigenvalue weighted by atomic mass is 127. The lowest BCUT2D eigenvalue weighted by atomic mass is 10.1. The SMILES string of the molecule is Cc1ccc(C(I)S(=O)[O-])c([N+](=O)[O-])c1. The second-order valence-electron chi connectivity index (χ2n) is 2.90. The minimum Gasteiger partial charge on any atom is -0.771 e. The number of nitro benzene ring substituents is 1. The molecule has 2 atom stereocenters. The largest absolute Gasteiger partial charge is 0.771 e. The van der Waals surface area contributed by atoms with Gasteiger partial charge in [-0.1, -0.05) is 28.7 Å². The van der Waals surface area contributed by atoms with Crippen molar-refractivity contribution < 1.29 is 13.7 Å². The number of benzene rings is 1. The van der Waals surface area contributed by atoms with E-state index in [0.29, 0.717) is 0 Å². The van der Waals surface area contributed by atoms with Gasteiger partial charge in [0, 0.05) is 6.07 Å². The van der Waals surface area contributed by atoms with Gasteiger partial charge in [-0.25, -0.2) is 0 Å². The van der Waals surface area contributed by atoms with Crippen LogP contribution in [0.15, 0.2) is 18.2 Å². The molecule has 0 heterocycles. The van der Waals surface area contributed by atoms with Crippen LogP contribution in [-0.2, 0) is 11.1 Å². The molecular formula is C8H7INO4S-. The quantitative estimate of drug-likeness (QED) is 0.278. The first-order chi connectivity index (χ1) is 6.93. The van der Waals surface area contributed by atoms with Crippen molar-refractivity contribution in [2.45, 2.75) is 10.2 Å². The summed E-state index contributed by atoms with van der Waals surface area (Å²) in [4.78, 5) is 10.1. The molecule has 0 N–H and O–H groups in total. The lowest BCUT2D eigenvalue weighted by Gasteiger charge is -2.13. The molecule has 0 aliphatic carbocycles. The number of aryl methyl sites for hydroxylation is 1. The monoisotopic (exact) mass is 340 g/mol. The van der Waals surface area contributed by atoms with Crippen molar-refractivity contribution >= 4 is 39.4 Å². The summed E-state index contributed by atoms with van der Waals surface area (Å²) in [5.74, 6) is 0. The highest BCUT2D eigenvalue weighted by Gasteiger charge is 2.20. The van der Waals surface area contributed by atoms with Gasteiger partial charge in [0.1, 0.15) is 3.26 Å². The van der Waals surface area contributed by atoms with E-state index >= 15 is 0 Å². The Bertz CT molecular complexity index is 423. The van der Waals surface area contributed by atoms with Crippen molar-refractivity contribution in [2.24, 2.45) is 0 Å². The fraction of sp³-hybridized carbons (Fsp3) is 0.250. The van der Waals surface area contributed by atoms with Crippen molar-refractivity contribution in [2.75, 3.05) is 0 Å². The molecule has 15 heavy (non-hydrogen) atoms. The van der Waals surface area contributed by atoms with Crippen molar-refractivity contribution in [3.05, 3.63) is 39.4 Å². The van der Waals surface area contributed by atoms with Gasteiger partial charge in [-0.05, 0) is 29.6 Å². The summed E-state index contributed by atoms with van der Waals surface area (Å²) in [6.45, 7) is 1.72. The Morgan fingerprint density at radius 1 is 1.53 bits per heavy atom. The van der Waals surface area contributed by atoms with Gasteiger partial charge in [0.2, 0.25) is 0 Å². The summed E-state index contributed by atoms with van der Waals surface area (Å²) < 4.78 is 20.6. The molecule has 0 spiro atoms. The maximum Gasteiger partial charge on any atom is 0.274 e. The molecule has 0 saturated carbocycles. The van der Waals surface area contributed by atoms with Gasteiger partial charge in [0.05, 0.1) is 10.5 Å². The molecule has 0 bridgehead atoms. The van der Waals surface area contributed by atoms with E-state index in [1.54, 1.807) is 35.6 Å². The molecule has 5 nitrogen and oxygen atoms in total. The van der Waals surface area contributed by atoms with Gasteiger partial charge < -0.3 is 4.55 Å². The summed E-state index contributed by atoms with van der Waals surface area (Å²) in [5, 5.41) is 10.7. The maximum absolute atomic E-state index is 10.7. The molecule has 1 aromatic carbocycles. The number of nitrogens with zero attached hydrogens (tertiary/aromatic N) is 1. The highest BCUT2D eigenvalue weighted by molar-refractivity contribution is 14.1. The van der Waals surface area contributed by atoms with E-state index in [4.69, 9.17) is 0 Å². The normalized spacial score (nSPS) is 14.6. The third kappa shape index (κ3) is 2.95. The zero-order valence-corrected chi connectivity index (χ0v) is 10.6. The average molecular weight is 340 g/mol. The molecule has 0 radical (unpaired) electrons. The first kappa shape index (κ1) is 12.5. The predicted molar refractivity (Wildman–Crippen MR) is 63.5 cm³/mol. The molecule has 0 aliphatic heterocycles. The van der Waals surface area contributed by atoms with E-state index in [9.17, 15) is 18.9 Å². The average Bonchev–Trinajstić information content (AvgIpc) is 2.16. The third-order valence-electron chi connectivity index (χ3n) is 1.80. The van der Waals surface area contributed by atoms with Crippen molar-refractivity contribution in [1.29, 1.82) is 0 Å². The summed E-state index contributed by atoms with van der Waals surface area (Å²) in [6.07, 6.45) is 0. The van der Waals surface area contributed by atoms with Crippen LogP contribution in [0, 0.1) is 17.0 Å². The highest BCUT2D eigenvalue weighted by Crippen LogP contribution is 2.33. The van der Waals surface area contributed by atoms with Crippen molar-refractivity contribution in [3.63, 3.8) is 0 Å². The molecule has 0 amide bonds. The lowest BCUT2D eigenvalue weighted by Crippen LogP contribution is -2.02. The van der Waals surface area contributed by atoms with Gasteiger partial charge in [-0.15, -0.1) is 0 Å². The molecule has 0 aromatic heterocycles. The zero-order valence-electron chi connectivity index (χ0n) is 7.68. The molecule has 0 fully saturated rings. The number of alkyl halides is 1. The molecule has 0 aliphatic rings. The topological polar surface area (TPSA) is 83.3 Å². The number of nitro groups is 1. The van der Waals surface area contributed by atoms with Gasteiger partial charge in [-0.3, -0.25) is 14.3 Å². The minimum atomic E-state index is -2.36. The van der Waals surface area contributed by atoms with Crippen LogP contribution in [0.1, 0.15) is 14.4 Å². The fourth-order valence-electron chi connectivity index (χ4n) is 1.11. The van der Waals surface area contributed by atoms with E-state index in [1.165, 1.54) is 12.1 Å². The summed E-state index contributed by atoms with van der Waals surface area (Å²) in [7, 11) is 0. The van der Waals surface area contributed by atoms with Gasteiger partial charge in [0.15, 0.2) is 0 Å². The van der Waals surface area contributed by atoms with Gasteiger partial charge in [0.25, 0.3) is 5.69 Å². The van der Waals surface area contributed by atoms with Crippen LogP contribution < -0.4 is 0 Å². The molecule has 82 valence electrons. The Balaban J connectivity index is 3.28. The summed E-state index contributed by atoms with van der Waals surface area (Å²) in [6, 6.07) is 4.50. The first-order valence-corrected chi connectivity index (χ1v) is 6.29. The first-order valence-electron chi connectivity index (χ1n) is 3.90. The van der Waals surface area contributed by atoms with Crippen LogP contribution >= 0.6 is 22.6 Å². The summed E-state index contributed by atoms with van der Waals surface area (Å²) >= 11 is -0.712. The van der Waals surface area contributed by atoms with E-state index in [-0.39, 0.29) is 11.3 Å². The minimum absolute atomic E-state index is 0.154. The van der Waals surface area contributed by atoms with Gasteiger partial charge in [-0.2, -0.15) is 0 Å². The van der Waals surface area contributed by atoms with Crippen LogP contribution in [0.4, 0.5) is 5.69 Å². The second kappa shape index (κ2) is 4.99. The fourth-order valence-corrected chi connectivity index (χ4v) is 2.04. The number of hydrogen-bond donors (Lipinski definition) is 0. The smallest absolute Gasteiger partial charge is 0.274 e. The standard InChI is InChI=1S/C8H8INO4S/c1-5-2-3-6(8(9)15(13)14)7(4-5)10(11)12/h2-4,8H,1H3,(H,13,14)/p-1. The Labute approximate surface area is 102 Å².